The first-order chi connectivity index (χ1) is 17.1. The van der Waals surface area contributed by atoms with E-state index in [-0.39, 0.29) is 0 Å². The van der Waals surface area contributed by atoms with Gasteiger partial charge in [0.05, 0.1) is 0 Å². The molecule has 0 saturated heterocycles. The van der Waals surface area contributed by atoms with Crippen LogP contribution in [-0.4, -0.2) is 43.9 Å². The summed E-state index contributed by atoms with van der Waals surface area (Å²) in [6.45, 7) is 16.6. The lowest BCUT2D eigenvalue weighted by molar-refractivity contribution is -0.263. The molecule has 0 aromatic carbocycles. The Balaban J connectivity index is 8.25. The molecule has 5 atom stereocenters. The van der Waals surface area contributed by atoms with Crippen molar-refractivity contribution in [3.63, 3.8) is 0 Å². The van der Waals surface area contributed by atoms with Crippen molar-refractivity contribution in [2.24, 2.45) is 27.6 Å². The van der Waals surface area contributed by atoms with Crippen LogP contribution < -0.4 is 0 Å². The third kappa shape index (κ3) is 6.02. The van der Waals surface area contributed by atoms with Gasteiger partial charge in [0.2, 0.25) is 0 Å². The van der Waals surface area contributed by atoms with Gasteiger partial charge in [0.25, 0.3) is 0 Å². The van der Waals surface area contributed by atoms with Gasteiger partial charge in [-0.3, -0.25) is 9.59 Å². The summed E-state index contributed by atoms with van der Waals surface area (Å²) in [4.78, 5) is 40.4. The molecule has 0 fully saturated rings. The summed E-state index contributed by atoms with van der Waals surface area (Å²) in [7, 11) is 0. The molecule has 0 heterocycles. The summed E-state index contributed by atoms with van der Waals surface area (Å²) in [5, 5.41) is 45.6. The third-order valence-electron chi connectivity index (χ3n) is 10.0. The predicted octanol–water partition coefficient (Wildman–Crippen LogP) is 7.39. The lowest BCUT2D eigenvalue weighted by Gasteiger charge is -2.63. The van der Waals surface area contributed by atoms with Crippen LogP contribution in [0.5, 0.6) is 0 Å². The quantitative estimate of drug-likeness (QED) is 0.129. The zero-order chi connectivity index (χ0) is 29.3. The topological polar surface area (TPSA) is 132 Å². The Morgan fingerprint density at radius 1 is 0.622 bits per heavy atom. The molecule has 7 nitrogen and oxygen atoms in total. The normalized spacial score (nSPS) is 20.9. The summed E-state index contributed by atoms with van der Waals surface area (Å²) in [6.07, 6.45) is 6.21. The van der Waals surface area contributed by atoms with E-state index in [9.17, 15) is 34.8 Å². The SMILES string of the molecule is CCCCC(C)(CC)C(C(=O)O)C(O)(C(=O)O)C(C(=O)O)(C(C)(CC)CCCC)C(C)(CC)CCCC. The second kappa shape index (κ2) is 14.0. The van der Waals surface area contributed by atoms with E-state index in [1.807, 2.05) is 34.6 Å². The maximum atomic E-state index is 13.9. The van der Waals surface area contributed by atoms with Gasteiger partial charge in [-0.2, -0.15) is 0 Å². The Hall–Kier alpha value is -1.63. The number of hydrogen-bond acceptors (Lipinski definition) is 4. The third-order valence-corrected chi connectivity index (χ3v) is 10.0. The minimum atomic E-state index is -3.06. The highest BCUT2D eigenvalue weighted by molar-refractivity contribution is 5.95. The molecule has 0 spiro atoms. The smallest absolute Gasteiger partial charge is 0.337 e. The van der Waals surface area contributed by atoms with Crippen LogP contribution in [0.2, 0.25) is 0 Å². The van der Waals surface area contributed by atoms with Crippen LogP contribution in [-0.2, 0) is 14.4 Å². The van der Waals surface area contributed by atoms with Crippen molar-refractivity contribution < 1.29 is 34.8 Å². The lowest BCUT2D eigenvalue weighted by Crippen LogP contribution is -2.76. The highest BCUT2D eigenvalue weighted by atomic mass is 16.4. The van der Waals surface area contributed by atoms with Gasteiger partial charge in [0.15, 0.2) is 5.60 Å². The van der Waals surface area contributed by atoms with Crippen molar-refractivity contribution >= 4 is 17.9 Å². The Morgan fingerprint density at radius 2 is 1.00 bits per heavy atom. The zero-order valence-electron chi connectivity index (χ0n) is 25.1. The first-order valence-corrected chi connectivity index (χ1v) is 14.5. The summed E-state index contributed by atoms with van der Waals surface area (Å²) in [5.41, 5.74) is -8.83. The molecule has 0 aliphatic carbocycles. The van der Waals surface area contributed by atoms with Gasteiger partial charge in [-0.05, 0) is 54.8 Å². The summed E-state index contributed by atoms with van der Waals surface area (Å²) in [6, 6.07) is 0. The molecule has 7 heteroatoms. The average Bonchev–Trinajstić information content (AvgIpc) is 2.84. The van der Waals surface area contributed by atoms with Crippen molar-refractivity contribution in [2.45, 2.75) is 145 Å². The van der Waals surface area contributed by atoms with E-state index in [1.165, 1.54) is 0 Å². The Labute approximate surface area is 225 Å². The van der Waals surface area contributed by atoms with Gasteiger partial charge in [-0.15, -0.1) is 0 Å². The maximum absolute atomic E-state index is 13.9. The molecule has 37 heavy (non-hydrogen) atoms. The van der Waals surface area contributed by atoms with E-state index in [4.69, 9.17) is 0 Å². The molecule has 4 N–H and O–H groups in total. The molecule has 5 unspecified atom stereocenters. The van der Waals surface area contributed by atoms with Crippen LogP contribution in [0.15, 0.2) is 0 Å². The van der Waals surface area contributed by atoms with E-state index < -0.39 is 51.1 Å². The molecule has 0 radical (unpaired) electrons. The minimum absolute atomic E-state index is 0.292. The number of hydrogen-bond donors (Lipinski definition) is 4. The number of aliphatic hydroxyl groups is 1. The second-order valence-electron chi connectivity index (χ2n) is 12.0. The van der Waals surface area contributed by atoms with Gasteiger partial charge in [0, 0.05) is 0 Å². The number of unbranched alkanes of at least 4 members (excludes halogenated alkanes) is 3. The molecule has 0 amide bonds. The molecule has 0 aliphatic rings. The Morgan fingerprint density at radius 3 is 1.24 bits per heavy atom. The minimum Gasteiger partial charge on any atom is -0.481 e. The highest BCUT2D eigenvalue weighted by Crippen LogP contribution is 2.68. The van der Waals surface area contributed by atoms with Crippen molar-refractivity contribution in [3.8, 4) is 0 Å². The van der Waals surface area contributed by atoms with Crippen LogP contribution in [0.4, 0.5) is 0 Å². The van der Waals surface area contributed by atoms with Crippen LogP contribution in [0, 0.1) is 27.6 Å². The van der Waals surface area contributed by atoms with Crippen molar-refractivity contribution in [1.29, 1.82) is 0 Å². The van der Waals surface area contributed by atoms with Crippen molar-refractivity contribution in [3.05, 3.63) is 0 Å². The van der Waals surface area contributed by atoms with Crippen molar-refractivity contribution in [2.75, 3.05) is 0 Å². The van der Waals surface area contributed by atoms with Crippen LogP contribution >= 0.6 is 0 Å². The second-order valence-corrected chi connectivity index (χ2v) is 12.0. The fourth-order valence-electron chi connectivity index (χ4n) is 7.31. The number of carbonyl (C=O) groups is 3. The first kappa shape index (κ1) is 35.4. The van der Waals surface area contributed by atoms with Crippen LogP contribution in [0.1, 0.15) is 139 Å². The molecule has 0 bridgehead atoms. The van der Waals surface area contributed by atoms with E-state index in [0.29, 0.717) is 57.8 Å². The van der Waals surface area contributed by atoms with Gasteiger partial charge >= 0.3 is 17.9 Å². The monoisotopic (exact) mass is 528 g/mol. The summed E-state index contributed by atoms with van der Waals surface area (Å²) in [5.74, 6) is -6.45. The van der Waals surface area contributed by atoms with E-state index in [2.05, 4.69) is 0 Å². The standard InChI is InChI=1S/C30H56O7/c1-10-16-19-26(7,13-4)22(23(31)32)29(37,24(33)34)30(25(35)36,27(8,14-5)20-17-11-2)28(9,15-6)21-18-12-3/h22,37H,10-21H2,1-9H3,(H,31,32)(H,33,34)(H,35,36). The highest BCUT2D eigenvalue weighted by Gasteiger charge is 2.79. The number of aliphatic carboxylic acids is 3. The Bertz CT molecular complexity index is 743. The van der Waals surface area contributed by atoms with Gasteiger partial charge in [-0.25, -0.2) is 4.79 Å². The predicted molar refractivity (Wildman–Crippen MR) is 148 cm³/mol. The molecule has 0 aliphatic heterocycles. The molecule has 0 aromatic heterocycles. The van der Waals surface area contributed by atoms with E-state index in [1.54, 1.807) is 27.7 Å². The average molecular weight is 529 g/mol. The number of rotatable bonds is 20. The zero-order valence-corrected chi connectivity index (χ0v) is 25.1. The number of carboxylic acid groups (broad SMARTS) is 3. The van der Waals surface area contributed by atoms with E-state index >= 15 is 0 Å². The lowest BCUT2D eigenvalue weighted by atomic mass is 9.38. The molecule has 0 aromatic rings. The summed E-state index contributed by atoms with van der Waals surface area (Å²) >= 11 is 0. The van der Waals surface area contributed by atoms with Gasteiger partial charge < -0.3 is 20.4 Å². The van der Waals surface area contributed by atoms with Gasteiger partial charge in [-0.1, -0.05) is 101 Å². The molecular weight excluding hydrogens is 472 g/mol. The van der Waals surface area contributed by atoms with E-state index in [0.717, 1.165) is 19.3 Å². The number of carboxylic acids is 3. The molecule has 218 valence electrons. The fourth-order valence-corrected chi connectivity index (χ4v) is 7.31. The fraction of sp³-hybridized carbons (Fsp3) is 0.900. The summed E-state index contributed by atoms with van der Waals surface area (Å²) < 4.78 is 0. The largest absolute Gasteiger partial charge is 0.481 e. The van der Waals surface area contributed by atoms with Gasteiger partial charge in [0.1, 0.15) is 11.3 Å². The molecule has 0 rings (SSSR count). The first-order valence-electron chi connectivity index (χ1n) is 14.5. The maximum Gasteiger partial charge on any atom is 0.337 e. The van der Waals surface area contributed by atoms with Crippen molar-refractivity contribution in [1.82, 2.24) is 0 Å². The van der Waals surface area contributed by atoms with Crippen LogP contribution in [0.3, 0.4) is 0 Å². The van der Waals surface area contributed by atoms with Crippen LogP contribution in [0.25, 0.3) is 0 Å². The molecular formula is C30H56O7. The molecule has 0 saturated carbocycles. The Kier molecular flexibility index (Phi) is 13.3.